The van der Waals surface area contributed by atoms with E-state index in [9.17, 15) is 19.2 Å². The third kappa shape index (κ3) is 8.80. The Bertz CT molecular complexity index is 863. The number of hydrogen-bond donors (Lipinski definition) is 3. The Kier molecular flexibility index (Phi) is 8.92. The first-order valence-corrected chi connectivity index (χ1v) is 11.1. The van der Waals surface area contributed by atoms with Crippen molar-refractivity contribution in [3.05, 3.63) is 23.9 Å². The number of carbonyl (C=O) groups is 4. The normalized spacial score (nSPS) is 20.6. The van der Waals surface area contributed by atoms with Gasteiger partial charge >= 0.3 is 17.9 Å². The molecule has 2 rings (SSSR count). The van der Waals surface area contributed by atoms with Crippen molar-refractivity contribution in [1.29, 1.82) is 0 Å². The summed E-state index contributed by atoms with van der Waals surface area (Å²) < 4.78 is 5.35. The van der Waals surface area contributed by atoms with Gasteiger partial charge in [0.15, 0.2) is 0 Å². The third-order valence-electron chi connectivity index (χ3n) is 5.16. The van der Waals surface area contributed by atoms with Crippen molar-refractivity contribution in [2.24, 2.45) is 5.92 Å². The molecule has 10 heteroatoms. The number of rotatable bonds is 6. The molecule has 0 aliphatic heterocycles. The summed E-state index contributed by atoms with van der Waals surface area (Å²) in [4.78, 5) is 55.7. The second-order valence-corrected chi connectivity index (χ2v) is 9.72. The van der Waals surface area contributed by atoms with Crippen molar-refractivity contribution in [1.82, 2.24) is 20.5 Å². The molecule has 33 heavy (non-hydrogen) atoms. The van der Waals surface area contributed by atoms with Gasteiger partial charge in [0.25, 0.3) is 0 Å². The number of carbonyl (C=O) groups excluding carboxylic acids is 4. The highest BCUT2D eigenvalue weighted by molar-refractivity contribution is 6.39. The number of nitrogens with one attached hydrogen (secondary N) is 3. The molecule has 1 aliphatic rings. The van der Waals surface area contributed by atoms with E-state index >= 15 is 0 Å². The number of ketones is 1. The maximum absolute atomic E-state index is 12.6. The van der Waals surface area contributed by atoms with Crippen molar-refractivity contribution < 1.29 is 23.9 Å². The topological polar surface area (TPSA) is 130 Å². The van der Waals surface area contributed by atoms with Crippen molar-refractivity contribution in [2.75, 3.05) is 26.0 Å². The number of amides is 3. The summed E-state index contributed by atoms with van der Waals surface area (Å²) in [7, 11) is 3.64. The zero-order valence-electron chi connectivity index (χ0n) is 20.2. The Morgan fingerprint density at radius 2 is 1.76 bits per heavy atom. The zero-order chi connectivity index (χ0) is 24.8. The smallest absolute Gasteiger partial charge is 0.407 e. The average molecular weight is 462 g/mol. The summed E-state index contributed by atoms with van der Waals surface area (Å²) in [6, 6.07) is 2.30. The highest BCUT2D eigenvalue weighted by Gasteiger charge is 2.37. The van der Waals surface area contributed by atoms with Crippen LogP contribution in [0.15, 0.2) is 18.3 Å². The minimum Gasteiger partial charge on any atom is -0.444 e. The molecule has 3 amide bonds. The minimum absolute atomic E-state index is 0.0731. The van der Waals surface area contributed by atoms with Gasteiger partial charge in [0.05, 0.1) is 12.6 Å². The molecule has 0 aromatic carbocycles. The first kappa shape index (κ1) is 26.2. The van der Waals surface area contributed by atoms with Gasteiger partial charge in [-0.15, -0.1) is 0 Å². The molecule has 182 valence electrons. The lowest BCUT2D eigenvalue weighted by Gasteiger charge is -2.37. The molecular weight excluding hydrogens is 426 g/mol. The molecule has 0 bridgehead atoms. The molecule has 1 aromatic rings. The molecule has 0 radical (unpaired) electrons. The lowest BCUT2D eigenvalue weighted by atomic mass is 9.80. The van der Waals surface area contributed by atoms with Crippen molar-refractivity contribution in [3.63, 3.8) is 0 Å². The van der Waals surface area contributed by atoms with Crippen LogP contribution in [0.3, 0.4) is 0 Å². The van der Waals surface area contributed by atoms with Crippen LogP contribution in [0.5, 0.6) is 0 Å². The fourth-order valence-corrected chi connectivity index (χ4v) is 3.64. The fourth-order valence-electron chi connectivity index (χ4n) is 3.64. The van der Waals surface area contributed by atoms with Crippen LogP contribution in [-0.2, 0) is 19.1 Å². The molecule has 1 saturated carbocycles. The van der Waals surface area contributed by atoms with E-state index in [0.717, 1.165) is 5.56 Å². The summed E-state index contributed by atoms with van der Waals surface area (Å²) in [5.74, 6) is -1.61. The number of hydrogen-bond acceptors (Lipinski definition) is 7. The molecule has 0 spiro atoms. The first-order chi connectivity index (χ1) is 15.3. The number of ether oxygens (including phenoxy) is 1. The quantitative estimate of drug-likeness (QED) is 0.549. The Hall–Kier alpha value is -3.01. The molecule has 1 aromatic heterocycles. The van der Waals surface area contributed by atoms with Crippen molar-refractivity contribution in [3.8, 4) is 0 Å². The van der Waals surface area contributed by atoms with Gasteiger partial charge in [0.1, 0.15) is 17.2 Å². The molecular formula is C23H35N5O5. The van der Waals surface area contributed by atoms with Crippen LogP contribution < -0.4 is 16.0 Å². The summed E-state index contributed by atoms with van der Waals surface area (Å²) in [5, 5.41) is 7.94. The highest BCUT2D eigenvalue weighted by Crippen LogP contribution is 2.26. The van der Waals surface area contributed by atoms with Gasteiger partial charge in [-0.2, -0.15) is 0 Å². The number of nitrogens with zero attached hydrogens (tertiary/aromatic N) is 2. The van der Waals surface area contributed by atoms with Gasteiger partial charge in [0, 0.05) is 18.2 Å². The van der Waals surface area contributed by atoms with E-state index in [1.165, 1.54) is 0 Å². The number of aryl methyl sites for hydroxylation is 1. The molecule has 1 heterocycles. The van der Waals surface area contributed by atoms with Crippen LogP contribution in [-0.4, -0.2) is 71.9 Å². The summed E-state index contributed by atoms with van der Waals surface area (Å²) >= 11 is 0. The highest BCUT2D eigenvalue weighted by atomic mass is 16.6. The monoisotopic (exact) mass is 461 g/mol. The Morgan fingerprint density at radius 1 is 1.06 bits per heavy atom. The van der Waals surface area contributed by atoms with E-state index in [2.05, 4.69) is 20.9 Å². The maximum Gasteiger partial charge on any atom is 0.407 e. The Balaban J connectivity index is 2.06. The molecule has 1 fully saturated rings. The van der Waals surface area contributed by atoms with Crippen molar-refractivity contribution >= 4 is 29.5 Å². The first-order valence-electron chi connectivity index (χ1n) is 11.1. The van der Waals surface area contributed by atoms with Crippen LogP contribution in [0.1, 0.15) is 45.6 Å². The molecule has 3 N–H and O–H groups in total. The molecule has 3 atom stereocenters. The van der Waals surface area contributed by atoms with Gasteiger partial charge in [-0.05, 0) is 72.7 Å². The van der Waals surface area contributed by atoms with Gasteiger partial charge in [-0.3, -0.25) is 14.4 Å². The third-order valence-corrected chi connectivity index (χ3v) is 5.16. The largest absolute Gasteiger partial charge is 0.444 e. The number of likely N-dealkylation sites (N-methyl/N-ethyl adjacent to an activating group) is 1. The summed E-state index contributed by atoms with van der Waals surface area (Å²) in [6.45, 7) is 7.41. The van der Waals surface area contributed by atoms with E-state index in [0.29, 0.717) is 25.8 Å². The van der Waals surface area contributed by atoms with Crippen LogP contribution in [0.25, 0.3) is 0 Å². The fraction of sp³-hybridized carbons (Fsp3) is 0.609. The lowest BCUT2D eigenvalue weighted by Crippen LogP contribution is -2.57. The van der Waals surface area contributed by atoms with E-state index < -0.39 is 35.6 Å². The number of Topliss-reactive ketones (excluding diaryl/α,β-unsaturated/α-hetero) is 1. The van der Waals surface area contributed by atoms with Gasteiger partial charge in [0.2, 0.25) is 0 Å². The van der Waals surface area contributed by atoms with E-state index in [4.69, 9.17) is 4.74 Å². The van der Waals surface area contributed by atoms with Gasteiger partial charge in [-0.25, -0.2) is 9.78 Å². The second kappa shape index (κ2) is 11.2. The number of alkyl carbamates (subject to hydrolysis) is 1. The Morgan fingerprint density at radius 3 is 2.33 bits per heavy atom. The summed E-state index contributed by atoms with van der Waals surface area (Å²) in [6.07, 6.45) is 2.27. The standard InChI is InChI=1S/C23H35N5O5/c1-14-7-10-19(24-12-14)27-21(31)20(30)25-16-9-8-15(18(29)13-28(5)6)11-17(16)26-22(32)33-23(2,3)4/h7,10,12,15-17H,8-9,11,13H2,1-6H3,(H,25,30)(H,26,32)(H,24,27,31)/t15-,16-,17+/m0/s1. The average Bonchev–Trinajstić information content (AvgIpc) is 2.68. The molecule has 10 nitrogen and oxygen atoms in total. The molecule has 0 unspecified atom stereocenters. The second-order valence-electron chi connectivity index (χ2n) is 9.72. The van der Waals surface area contributed by atoms with Crippen LogP contribution in [0.4, 0.5) is 10.6 Å². The molecule has 0 saturated heterocycles. The molecule has 1 aliphatic carbocycles. The Labute approximate surface area is 194 Å². The number of aromatic nitrogens is 1. The predicted molar refractivity (Wildman–Crippen MR) is 124 cm³/mol. The zero-order valence-corrected chi connectivity index (χ0v) is 20.2. The number of pyridine rings is 1. The van der Waals surface area contributed by atoms with Crippen LogP contribution in [0, 0.1) is 12.8 Å². The maximum atomic E-state index is 12.6. The van der Waals surface area contributed by atoms with Gasteiger partial charge in [-0.1, -0.05) is 6.07 Å². The minimum atomic E-state index is -0.854. The van der Waals surface area contributed by atoms with E-state index in [1.54, 1.807) is 44.0 Å². The SMILES string of the molecule is Cc1ccc(NC(=O)C(=O)N[C@H]2CC[C@H](C(=O)CN(C)C)C[C@H]2NC(=O)OC(C)(C)C)nc1. The van der Waals surface area contributed by atoms with E-state index in [-0.39, 0.29) is 17.5 Å². The van der Waals surface area contributed by atoms with Crippen molar-refractivity contribution in [2.45, 2.75) is 64.6 Å². The predicted octanol–water partition coefficient (Wildman–Crippen LogP) is 1.64. The van der Waals surface area contributed by atoms with Gasteiger partial charge < -0.3 is 25.6 Å². The van der Waals surface area contributed by atoms with E-state index in [1.807, 2.05) is 21.0 Å². The number of anilines is 1. The van der Waals surface area contributed by atoms with Crippen LogP contribution >= 0.6 is 0 Å². The lowest BCUT2D eigenvalue weighted by molar-refractivity contribution is -0.137. The van der Waals surface area contributed by atoms with Crippen LogP contribution in [0.2, 0.25) is 0 Å². The summed E-state index contributed by atoms with van der Waals surface area (Å²) in [5.41, 5.74) is 0.229.